The van der Waals surface area contributed by atoms with Crippen molar-refractivity contribution >= 4 is 5.82 Å². The molecule has 0 spiro atoms. The van der Waals surface area contributed by atoms with E-state index in [1.165, 1.54) is 0 Å². The highest BCUT2D eigenvalue weighted by Crippen LogP contribution is 2.22. The summed E-state index contributed by atoms with van der Waals surface area (Å²) in [4.78, 5) is 10.6. The highest BCUT2D eigenvalue weighted by Gasteiger charge is 2.11. The second kappa shape index (κ2) is 8.66. The molecule has 0 saturated heterocycles. The average Bonchev–Trinajstić information content (AvgIpc) is 2.41. The Morgan fingerprint density at radius 3 is 2.79 bits per heavy atom. The summed E-state index contributed by atoms with van der Waals surface area (Å²) in [6.07, 6.45) is 1.54. The molecule has 6 nitrogen and oxygen atoms in total. The zero-order valence-electron chi connectivity index (χ0n) is 12.3. The van der Waals surface area contributed by atoms with Crippen LogP contribution in [0.25, 0.3) is 0 Å². The van der Waals surface area contributed by atoms with E-state index in [-0.39, 0.29) is 0 Å². The van der Waals surface area contributed by atoms with Crippen molar-refractivity contribution in [1.82, 2.24) is 15.3 Å². The van der Waals surface area contributed by atoms with Crippen molar-refractivity contribution in [3.05, 3.63) is 11.9 Å². The fourth-order valence-electron chi connectivity index (χ4n) is 1.74. The minimum atomic E-state index is 0.611. The Morgan fingerprint density at radius 1 is 1.32 bits per heavy atom. The molecule has 0 aliphatic carbocycles. The molecule has 0 fully saturated rings. The van der Waals surface area contributed by atoms with Crippen molar-refractivity contribution in [2.75, 3.05) is 51.9 Å². The zero-order chi connectivity index (χ0) is 14.1. The molecule has 1 N–H and O–H groups in total. The van der Waals surface area contributed by atoms with E-state index in [9.17, 15) is 0 Å². The molecule has 0 saturated carbocycles. The molecule has 1 heterocycles. The van der Waals surface area contributed by atoms with E-state index in [2.05, 4.69) is 20.2 Å². The van der Waals surface area contributed by atoms with Crippen molar-refractivity contribution in [1.29, 1.82) is 0 Å². The summed E-state index contributed by atoms with van der Waals surface area (Å²) >= 11 is 0. The minimum absolute atomic E-state index is 0.611. The topological polar surface area (TPSA) is 59.5 Å². The first-order chi connectivity index (χ1) is 9.20. The molecule has 0 aliphatic heterocycles. The number of anilines is 1. The van der Waals surface area contributed by atoms with Crippen molar-refractivity contribution in [2.24, 2.45) is 0 Å². The Morgan fingerprint density at radius 2 is 2.11 bits per heavy atom. The van der Waals surface area contributed by atoms with Crippen LogP contribution in [-0.4, -0.2) is 57.0 Å². The van der Waals surface area contributed by atoms with Crippen LogP contribution in [0.15, 0.2) is 6.33 Å². The van der Waals surface area contributed by atoms with E-state index >= 15 is 0 Å². The normalized spacial score (nSPS) is 10.5. The zero-order valence-corrected chi connectivity index (χ0v) is 12.3. The maximum absolute atomic E-state index is 5.48. The van der Waals surface area contributed by atoms with Crippen LogP contribution in [0.1, 0.15) is 12.5 Å². The number of hydrogen-bond donors (Lipinski definition) is 1. The van der Waals surface area contributed by atoms with Crippen LogP contribution in [0, 0.1) is 6.92 Å². The molecule has 0 radical (unpaired) electrons. The molecule has 6 heteroatoms. The summed E-state index contributed by atoms with van der Waals surface area (Å²) in [7, 11) is 3.72. The Hall–Kier alpha value is -1.40. The van der Waals surface area contributed by atoms with Gasteiger partial charge in [-0.2, -0.15) is 0 Å². The van der Waals surface area contributed by atoms with Crippen LogP contribution in [0.4, 0.5) is 5.82 Å². The van der Waals surface area contributed by atoms with E-state index in [1.807, 2.05) is 20.9 Å². The van der Waals surface area contributed by atoms with Gasteiger partial charge < -0.3 is 19.7 Å². The number of hydrogen-bond acceptors (Lipinski definition) is 6. The molecule has 0 bridgehead atoms. The van der Waals surface area contributed by atoms with Gasteiger partial charge in [-0.1, -0.05) is 0 Å². The Kier molecular flexibility index (Phi) is 7.14. The fourth-order valence-corrected chi connectivity index (χ4v) is 1.74. The van der Waals surface area contributed by atoms with E-state index in [0.29, 0.717) is 12.5 Å². The molecule has 1 aromatic heterocycles. The summed E-state index contributed by atoms with van der Waals surface area (Å²) in [5.41, 5.74) is 0.976. The van der Waals surface area contributed by atoms with Crippen LogP contribution in [-0.2, 0) is 4.74 Å². The maximum Gasteiger partial charge on any atom is 0.221 e. The van der Waals surface area contributed by atoms with Gasteiger partial charge in [0.15, 0.2) is 0 Å². The summed E-state index contributed by atoms with van der Waals surface area (Å²) in [6.45, 7) is 7.88. The predicted octanol–water partition coefficient (Wildman–Crippen LogP) is 0.856. The molecular formula is C13H24N4O2. The van der Waals surface area contributed by atoms with Crippen molar-refractivity contribution < 1.29 is 9.47 Å². The van der Waals surface area contributed by atoms with Gasteiger partial charge in [0.1, 0.15) is 12.1 Å². The van der Waals surface area contributed by atoms with E-state index in [4.69, 9.17) is 9.47 Å². The third kappa shape index (κ3) is 5.00. The molecule has 19 heavy (non-hydrogen) atoms. The summed E-state index contributed by atoms with van der Waals surface area (Å²) < 4.78 is 10.5. The standard InChI is InChI=1S/C13H24N4O2/c1-5-19-13-11(2)12(15-10-16-13)17(3)8-6-14-7-9-18-4/h10,14H,5-9H2,1-4H3. The first kappa shape index (κ1) is 15.7. The summed E-state index contributed by atoms with van der Waals surface area (Å²) in [5.74, 6) is 1.57. The lowest BCUT2D eigenvalue weighted by molar-refractivity contribution is 0.200. The molecule has 0 aromatic carbocycles. The van der Waals surface area contributed by atoms with Crippen LogP contribution in [0.2, 0.25) is 0 Å². The molecule has 0 atom stereocenters. The van der Waals surface area contributed by atoms with Crippen molar-refractivity contribution in [2.45, 2.75) is 13.8 Å². The van der Waals surface area contributed by atoms with Gasteiger partial charge in [0.2, 0.25) is 5.88 Å². The quantitative estimate of drug-likeness (QED) is 0.670. The van der Waals surface area contributed by atoms with Gasteiger partial charge in [-0.15, -0.1) is 0 Å². The average molecular weight is 268 g/mol. The number of nitrogens with zero attached hydrogens (tertiary/aromatic N) is 3. The Bertz CT molecular complexity index is 374. The Labute approximate surface area is 115 Å². The second-order valence-electron chi connectivity index (χ2n) is 4.22. The smallest absolute Gasteiger partial charge is 0.221 e. The Balaban J connectivity index is 2.51. The van der Waals surface area contributed by atoms with E-state index in [0.717, 1.165) is 37.6 Å². The van der Waals surface area contributed by atoms with Gasteiger partial charge in [-0.25, -0.2) is 9.97 Å². The van der Waals surface area contributed by atoms with Crippen LogP contribution >= 0.6 is 0 Å². The molecule has 1 aromatic rings. The van der Waals surface area contributed by atoms with E-state index < -0.39 is 0 Å². The monoisotopic (exact) mass is 268 g/mol. The minimum Gasteiger partial charge on any atom is -0.478 e. The lowest BCUT2D eigenvalue weighted by Crippen LogP contribution is -2.31. The van der Waals surface area contributed by atoms with Gasteiger partial charge in [0, 0.05) is 33.8 Å². The van der Waals surface area contributed by atoms with Crippen LogP contribution < -0.4 is 15.0 Å². The lowest BCUT2D eigenvalue weighted by Gasteiger charge is -2.21. The number of rotatable bonds is 9. The predicted molar refractivity (Wildman–Crippen MR) is 76.0 cm³/mol. The van der Waals surface area contributed by atoms with Crippen molar-refractivity contribution in [3.63, 3.8) is 0 Å². The van der Waals surface area contributed by atoms with Gasteiger partial charge in [0.05, 0.1) is 18.8 Å². The van der Waals surface area contributed by atoms with Crippen LogP contribution in [0.5, 0.6) is 5.88 Å². The molecule has 108 valence electrons. The lowest BCUT2D eigenvalue weighted by atomic mass is 10.3. The third-order valence-electron chi connectivity index (χ3n) is 2.76. The maximum atomic E-state index is 5.48. The molecular weight excluding hydrogens is 244 g/mol. The van der Waals surface area contributed by atoms with Gasteiger partial charge in [-0.05, 0) is 13.8 Å². The first-order valence-electron chi connectivity index (χ1n) is 6.55. The highest BCUT2D eigenvalue weighted by molar-refractivity contribution is 5.49. The molecule has 1 rings (SSSR count). The van der Waals surface area contributed by atoms with Gasteiger partial charge in [-0.3, -0.25) is 0 Å². The second-order valence-corrected chi connectivity index (χ2v) is 4.22. The van der Waals surface area contributed by atoms with Crippen LogP contribution in [0.3, 0.4) is 0 Å². The number of aromatic nitrogens is 2. The van der Waals surface area contributed by atoms with E-state index in [1.54, 1.807) is 13.4 Å². The number of ether oxygens (including phenoxy) is 2. The highest BCUT2D eigenvalue weighted by atomic mass is 16.5. The summed E-state index contributed by atoms with van der Waals surface area (Å²) in [6, 6.07) is 0. The largest absolute Gasteiger partial charge is 0.478 e. The fraction of sp³-hybridized carbons (Fsp3) is 0.692. The van der Waals surface area contributed by atoms with Crippen molar-refractivity contribution in [3.8, 4) is 5.88 Å². The number of methoxy groups -OCH3 is 1. The molecule has 0 unspecified atom stereocenters. The number of nitrogens with one attached hydrogen (secondary N) is 1. The summed E-state index contributed by atoms with van der Waals surface area (Å²) in [5, 5.41) is 3.30. The van der Waals surface area contributed by atoms with Gasteiger partial charge >= 0.3 is 0 Å². The molecule has 0 amide bonds. The number of likely N-dealkylation sites (N-methyl/N-ethyl adjacent to an activating group) is 1. The molecule has 0 aliphatic rings. The first-order valence-corrected chi connectivity index (χ1v) is 6.55. The SMILES string of the molecule is CCOc1ncnc(N(C)CCNCCOC)c1C. The van der Waals surface area contributed by atoms with Gasteiger partial charge in [0.25, 0.3) is 0 Å². The third-order valence-corrected chi connectivity index (χ3v) is 2.76.